The van der Waals surface area contributed by atoms with Gasteiger partial charge in [0.05, 0.1) is 6.54 Å². The molecule has 0 fully saturated rings. The number of carbonyl (C=O) groups excluding carboxylic acids is 1. The number of unbranched alkanes of at least 4 members (excludes halogenated alkanes) is 2. The Hall–Kier alpha value is -2.88. The molecule has 0 aliphatic heterocycles. The molecule has 0 unspecified atom stereocenters. The van der Waals surface area contributed by atoms with Crippen LogP contribution in [0.4, 0.5) is 4.39 Å². The number of nitrogens with zero attached hydrogens (tertiary/aromatic N) is 2. The Balaban J connectivity index is 1.73. The second kappa shape index (κ2) is 10.6. The van der Waals surface area contributed by atoms with E-state index in [-0.39, 0.29) is 11.7 Å². The molecule has 3 rings (SSSR count). The Morgan fingerprint density at radius 3 is 2.38 bits per heavy atom. The van der Waals surface area contributed by atoms with E-state index in [9.17, 15) is 9.18 Å². The van der Waals surface area contributed by atoms with Gasteiger partial charge in [-0.25, -0.2) is 4.39 Å². The Kier molecular flexibility index (Phi) is 7.62. The molecule has 1 heterocycles. The van der Waals surface area contributed by atoms with E-state index in [4.69, 9.17) is 0 Å². The maximum absolute atomic E-state index is 13.2. The molecule has 1 aromatic heterocycles. The zero-order chi connectivity index (χ0) is 20.5. The molecule has 0 saturated carbocycles. The van der Waals surface area contributed by atoms with E-state index in [1.165, 1.54) is 12.1 Å². The van der Waals surface area contributed by atoms with E-state index in [1.54, 1.807) is 12.1 Å². The zero-order valence-electron chi connectivity index (χ0n) is 17.1. The summed E-state index contributed by atoms with van der Waals surface area (Å²) in [6, 6.07) is 20.8. The zero-order valence-corrected chi connectivity index (χ0v) is 17.1. The summed E-state index contributed by atoms with van der Waals surface area (Å²) >= 11 is 0. The van der Waals surface area contributed by atoms with Gasteiger partial charge in [-0.3, -0.25) is 4.79 Å². The van der Waals surface area contributed by atoms with Crippen LogP contribution < -0.4 is 0 Å². The summed E-state index contributed by atoms with van der Waals surface area (Å²) < 4.78 is 15.3. The van der Waals surface area contributed by atoms with Crippen LogP contribution in [0.1, 0.15) is 49.4 Å². The van der Waals surface area contributed by atoms with Gasteiger partial charge in [-0.1, -0.05) is 62.2 Å². The van der Waals surface area contributed by atoms with Crippen LogP contribution in [-0.4, -0.2) is 15.4 Å². The van der Waals surface area contributed by atoms with Crippen molar-refractivity contribution in [3.63, 3.8) is 0 Å². The summed E-state index contributed by atoms with van der Waals surface area (Å²) in [5.41, 5.74) is 3.25. The highest BCUT2D eigenvalue weighted by Crippen LogP contribution is 2.16. The van der Waals surface area contributed by atoms with Crippen LogP contribution in [-0.2, 0) is 24.4 Å². The van der Waals surface area contributed by atoms with Gasteiger partial charge in [-0.2, -0.15) is 0 Å². The first-order chi connectivity index (χ1) is 14.2. The van der Waals surface area contributed by atoms with Gasteiger partial charge in [0, 0.05) is 31.4 Å². The van der Waals surface area contributed by atoms with Crippen molar-refractivity contribution >= 4 is 5.91 Å². The van der Waals surface area contributed by atoms with Gasteiger partial charge < -0.3 is 9.47 Å². The molecule has 0 radical (unpaired) electrons. The number of amides is 1. The van der Waals surface area contributed by atoms with Crippen LogP contribution in [0.5, 0.6) is 0 Å². The van der Waals surface area contributed by atoms with E-state index in [1.807, 2.05) is 35.4 Å². The molecule has 3 nitrogen and oxygen atoms in total. The molecule has 0 aliphatic carbocycles. The second-order valence-electron chi connectivity index (χ2n) is 7.45. The molecule has 0 atom stereocenters. The molecular formula is C25H29FN2O. The van der Waals surface area contributed by atoms with Gasteiger partial charge in [0.15, 0.2) is 0 Å². The molecule has 0 spiro atoms. The van der Waals surface area contributed by atoms with Crippen LogP contribution in [0, 0.1) is 5.82 Å². The first kappa shape index (κ1) is 20.8. The minimum Gasteiger partial charge on any atom is -0.345 e. The fraction of sp³-hybridized carbons (Fsp3) is 0.320. The van der Waals surface area contributed by atoms with Gasteiger partial charge in [0.1, 0.15) is 5.82 Å². The highest BCUT2D eigenvalue weighted by atomic mass is 19.1. The Labute approximate surface area is 172 Å². The minimum absolute atomic E-state index is 0.192. The van der Waals surface area contributed by atoms with Crippen molar-refractivity contribution in [3.8, 4) is 0 Å². The van der Waals surface area contributed by atoms with Crippen molar-refractivity contribution in [1.29, 1.82) is 0 Å². The average molecular weight is 393 g/mol. The third-order valence-electron chi connectivity index (χ3n) is 5.11. The fourth-order valence-corrected chi connectivity index (χ4v) is 3.45. The highest BCUT2D eigenvalue weighted by molar-refractivity contribution is 5.76. The normalized spacial score (nSPS) is 10.8. The van der Waals surface area contributed by atoms with Crippen LogP contribution in [0.15, 0.2) is 72.9 Å². The van der Waals surface area contributed by atoms with Crippen molar-refractivity contribution in [1.82, 2.24) is 9.47 Å². The minimum atomic E-state index is -0.229. The van der Waals surface area contributed by atoms with E-state index in [0.717, 1.165) is 36.1 Å². The molecule has 1 amide bonds. The number of aromatic nitrogens is 1. The Morgan fingerprint density at radius 1 is 0.897 bits per heavy atom. The summed E-state index contributed by atoms with van der Waals surface area (Å²) in [6.07, 6.45) is 5.70. The summed E-state index contributed by atoms with van der Waals surface area (Å²) in [4.78, 5) is 14.9. The van der Waals surface area contributed by atoms with Crippen molar-refractivity contribution in [2.24, 2.45) is 0 Å². The van der Waals surface area contributed by atoms with Crippen LogP contribution in [0.25, 0.3) is 0 Å². The number of hydrogen-bond acceptors (Lipinski definition) is 1. The largest absolute Gasteiger partial charge is 0.345 e. The van der Waals surface area contributed by atoms with Crippen LogP contribution >= 0.6 is 0 Å². The van der Waals surface area contributed by atoms with E-state index >= 15 is 0 Å². The fourth-order valence-electron chi connectivity index (χ4n) is 3.45. The summed E-state index contributed by atoms with van der Waals surface area (Å²) in [7, 11) is 0. The lowest BCUT2D eigenvalue weighted by Crippen LogP contribution is -2.30. The quantitative estimate of drug-likeness (QED) is 0.401. The molecule has 0 saturated heterocycles. The monoisotopic (exact) mass is 392 g/mol. The number of hydrogen-bond donors (Lipinski definition) is 0. The van der Waals surface area contributed by atoms with Crippen LogP contribution in [0.2, 0.25) is 0 Å². The van der Waals surface area contributed by atoms with Gasteiger partial charge in [0.25, 0.3) is 0 Å². The molecule has 4 heteroatoms. The maximum atomic E-state index is 13.2. The van der Waals surface area contributed by atoms with E-state index in [2.05, 4.69) is 29.7 Å². The summed E-state index contributed by atoms with van der Waals surface area (Å²) in [6.45, 7) is 3.97. The van der Waals surface area contributed by atoms with Crippen LogP contribution in [0.3, 0.4) is 0 Å². The molecule has 0 bridgehead atoms. The first-order valence-electron chi connectivity index (χ1n) is 10.4. The molecule has 152 valence electrons. The van der Waals surface area contributed by atoms with Gasteiger partial charge in [-0.15, -0.1) is 0 Å². The summed E-state index contributed by atoms with van der Waals surface area (Å²) in [5, 5.41) is 0. The predicted molar refractivity (Wildman–Crippen MR) is 115 cm³/mol. The summed E-state index contributed by atoms with van der Waals surface area (Å²) in [5.74, 6) is -0.0370. The predicted octanol–water partition coefficient (Wildman–Crippen LogP) is 5.78. The number of benzene rings is 2. The molecule has 0 aliphatic rings. The number of halogens is 1. The van der Waals surface area contributed by atoms with Gasteiger partial charge >= 0.3 is 0 Å². The van der Waals surface area contributed by atoms with Crippen molar-refractivity contribution < 1.29 is 9.18 Å². The molecule has 29 heavy (non-hydrogen) atoms. The second-order valence-corrected chi connectivity index (χ2v) is 7.45. The third kappa shape index (κ3) is 6.31. The average Bonchev–Trinajstić information content (AvgIpc) is 3.16. The first-order valence-corrected chi connectivity index (χ1v) is 10.4. The molecular weight excluding hydrogens is 363 g/mol. The van der Waals surface area contributed by atoms with Crippen molar-refractivity contribution in [2.45, 2.75) is 52.2 Å². The van der Waals surface area contributed by atoms with Crippen molar-refractivity contribution in [3.05, 3.63) is 95.6 Å². The molecule has 3 aromatic rings. The lowest BCUT2D eigenvalue weighted by atomic mass is 10.1. The third-order valence-corrected chi connectivity index (χ3v) is 5.11. The lowest BCUT2D eigenvalue weighted by molar-refractivity contribution is -0.132. The van der Waals surface area contributed by atoms with Crippen molar-refractivity contribution in [2.75, 3.05) is 0 Å². The Morgan fingerprint density at radius 2 is 1.66 bits per heavy atom. The molecule has 2 aromatic carbocycles. The van der Waals surface area contributed by atoms with E-state index < -0.39 is 0 Å². The lowest BCUT2D eigenvalue weighted by Gasteiger charge is -2.24. The number of carbonyl (C=O) groups is 1. The highest BCUT2D eigenvalue weighted by Gasteiger charge is 2.16. The van der Waals surface area contributed by atoms with Gasteiger partial charge in [-0.05, 0) is 41.8 Å². The Bertz CT molecular complexity index is 887. The standard InChI is InChI=1S/C25H29FN2O/c1-2-3-5-12-25(29)28(19-21-9-6-4-7-10-21)20-24-11-8-17-27(24)18-22-13-15-23(26)16-14-22/h4,6-11,13-17H,2-3,5,12,18-20H2,1H3. The smallest absolute Gasteiger partial charge is 0.223 e. The van der Waals surface area contributed by atoms with E-state index in [0.29, 0.717) is 26.1 Å². The SMILES string of the molecule is CCCCCC(=O)N(Cc1ccccc1)Cc1cccn1Cc1ccc(F)cc1. The maximum Gasteiger partial charge on any atom is 0.223 e. The topological polar surface area (TPSA) is 25.2 Å². The van der Waals surface area contributed by atoms with Gasteiger partial charge in [0.2, 0.25) is 5.91 Å². The number of rotatable bonds is 10. The molecule has 0 N–H and O–H groups in total.